The number of piperazine rings is 1. The summed E-state index contributed by atoms with van der Waals surface area (Å²) in [4.78, 5) is 3.57. The predicted molar refractivity (Wildman–Crippen MR) is 106 cm³/mol. The van der Waals surface area contributed by atoms with Crippen LogP contribution < -0.4 is 5.32 Å². The summed E-state index contributed by atoms with van der Waals surface area (Å²) in [5.74, 6) is 0.236. The molecule has 3 nitrogen and oxygen atoms in total. The molecule has 1 saturated heterocycles. The topological polar surface area (TPSA) is 35.5 Å². The fourth-order valence-corrected chi connectivity index (χ4v) is 4.18. The molecule has 0 aliphatic carbocycles. The van der Waals surface area contributed by atoms with Gasteiger partial charge in [-0.3, -0.25) is 4.90 Å². The Labute approximate surface area is 166 Å². The van der Waals surface area contributed by atoms with E-state index in [4.69, 9.17) is 11.6 Å². The number of phenols is 1. The number of thiophene rings is 1. The minimum Gasteiger partial charge on any atom is -0.506 e. The van der Waals surface area contributed by atoms with Crippen molar-refractivity contribution in [2.24, 2.45) is 0 Å². The number of hydrogen-bond donors (Lipinski definition) is 2. The van der Waals surface area contributed by atoms with E-state index in [0.717, 1.165) is 31.7 Å². The largest absolute Gasteiger partial charge is 0.506 e. The maximum atomic E-state index is 10.5. The molecule has 3 rings (SSSR count). The highest BCUT2D eigenvalue weighted by atomic mass is 79.9. The molecule has 1 atom stereocenters. The van der Waals surface area contributed by atoms with Crippen LogP contribution in [0.25, 0.3) is 0 Å². The molecule has 2 aromatic rings. The maximum Gasteiger partial charge on any atom is 0.136 e. The summed E-state index contributed by atoms with van der Waals surface area (Å²) < 4.78 is 0.679. The average Bonchev–Trinajstić information content (AvgIpc) is 3.02. The molecular formula is C15H18BrCl3N2OS. The van der Waals surface area contributed by atoms with E-state index in [1.165, 1.54) is 4.88 Å². The molecule has 0 bridgehead atoms. The SMILES string of the molecule is Cl.Cl.Oc1c(Br)ccc(Cl)c1[C@H](c1cccs1)N1CCNCC1. The van der Waals surface area contributed by atoms with Gasteiger partial charge in [-0.05, 0) is 39.5 Å². The zero-order valence-electron chi connectivity index (χ0n) is 12.2. The van der Waals surface area contributed by atoms with Crippen molar-refractivity contribution in [2.75, 3.05) is 26.2 Å². The molecule has 1 fully saturated rings. The fourth-order valence-electron chi connectivity index (χ4n) is 2.71. The van der Waals surface area contributed by atoms with Crippen LogP contribution in [0.4, 0.5) is 0 Å². The van der Waals surface area contributed by atoms with E-state index in [-0.39, 0.29) is 36.6 Å². The molecule has 23 heavy (non-hydrogen) atoms. The molecule has 2 N–H and O–H groups in total. The van der Waals surface area contributed by atoms with E-state index in [9.17, 15) is 5.11 Å². The normalized spacial score (nSPS) is 16.3. The zero-order valence-corrected chi connectivity index (χ0v) is 17.0. The smallest absolute Gasteiger partial charge is 0.136 e. The Morgan fingerprint density at radius 3 is 2.52 bits per heavy atom. The van der Waals surface area contributed by atoms with Crippen LogP contribution in [0.15, 0.2) is 34.1 Å². The number of halogens is 4. The molecule has 1 aromatic heterocycles. The Kier molecular flexibility index (Phi) is 8.66. The van der Waals surface area contributed by atoms with Gasteiger partial charge in [0.2, 0.25) is 0 Å². The van der Waals surface area contributed by atoms with Gasteiger partial charge in [-0.25, -0.2) is 0 Å². The number of hydrogen-bond acceptors (Lipinski definition) is 4. The Morgan fingerprint density at radius 2 is 1.91 bits per heavy atom. The van der Waals surface area contributed by atoms with Crippen molar-refractivity contribution in [3.63, 3.8) is 0 Å². The van der Waals surface area contributed by atoms with Crippen LogP contribution in [0.1, 0.15) is 16.5 Å². The monoisotopic (exact) mass is 458 g/mol. The van der Waals surface area contributed by atoms with Crippen molar-refractivity contribution in [1.29, 1.82) is 0 Å². The molecule has 2 heterocycles. The van der Waals surface area contributed by atoms with Gasteiger partial charge in [0.15, 0.2) is 0 Å². The molecule has 0 unspecified atom stereocenters. The minimum atomic E-state index is -0.00269. The van der Waals surface area contributed by atoms with Gasteiger partial charge in [0, 0.05) is 41.6 Å². The molecule has 1 aromatic carbocycles. The molecule has 0 saturated carbocycles. The van der Waals surface area contributed by atoms with Crippen molar-refractivity contribution in [3.05, 3.63) is 49.6 Å². The fraction of sp³-hybridized carbons (Fsp3) is 0.333. The first-order valence-corrected chi connectivity index (χ1v) is 8.88. The Balaban J connectivity index is 0.00000132. The van der Waals surface area contributed by atoms with Gasteiger partial charge < -0.3 is 10.4 Å². The summed E-state index contributed by atoms with van der Waals surface area (Å²) in [6.07, 6.45) is 0. The first-order valence-electron chi connectivity index (χ1n) is 6.83. The third-order valence-corrected chi connectivity index (χ3v) is 5.61. The Hall–Kier alpha value is -0.0100. The van der Waals surface area contributed by atoms with E-state index in [2.05, 4.69) is 37.6 Å². The third-order valence-electron chi connectivity index (χ3n) is 3.72. The van der Waals surface area contributed by atoms with Crippen molar-refractivity contribution in [3.8, 4) is 5.75 Å². The lowest BCUT2D eigenvalue weighted by Gasteiger charge is -2.35. The molecule has 0 spiro atoms. The predicted octanol–water partition coefficient (Wildman–Crippen LogP) is 4.71. The average molecular weight is 461 g/mol. The van der Waals surface area contributed by atoms with Gasteiger partial charge in [0.1, 0.15) is 5.75 Å². The molecule has 1 aliphatic rings. The standard InChI is InChI=1S/C15H16BrClN2OS.2ClH/c16-10-3-4-11(17)13(15(10)20)14(12-2-1-9-21-12)19-7-5-18-6-8-19;;/h1-4,9,14,18,20H,5-8H2;2*1H/t14-;;/m0../s1. The molecule has 8 heteroatoms. The second-order valence-corrected chi connectivity index (χ2v) is 7.24. The van der Waals surface area contributed by atoms with Gasteiger partial charge in [-0.1, -0.05) is 17.7 Å². The summed E-state index contributed by atoms with van der Waals surface area (Å²) in [6.45, 7) is 3.78. The van der Waals surface area contributed by atoms with Crippen LogP contribution in [0.2, 0.25) is 5.02 Å². The second-order valence-electron chi connectivity index (χ2n) is 5.00. The quantitative estimate of drug-likeness (QED) is 0.697. The number of aromatic hydroxyl groups is 1. The van der Waals surface area contributed by atoms with Crippen LogP contribution in [-0.2, 0) is 0 Å². The number of benzene rings is 1. The van der Waals surface area contributed by atoms with Crippen LogP contribution >= 0.6 is 63.7 Å². The van der Waals surface area contributed by atoms with E-state index >= 15 is 0 Å². The Morgan fingerprint density at radius 1 is 1.22 bits per heavy atom. The molecular weight excluding hydrogens is 443 g/mol. The van der Waals surface area contributed by atoms with Crippen molar-refractivity contribution in [1.82, 2.24) is 10.2 Å². The number of nitrogens with one attached hydrogen (secondary N) is 1. The maximum absolute atomic E-state index is 10.5. The van der Waals surface area contributed by atoms with Crippen LogP contribution in [0.3, 0.4) is 0 Å². The van der Waals surface area contributed by atoms with Gasteiger partial charge in [0.05, 0.1) is 10.5 Å². The van der Waals surface area contributed by atoms with E-state index in [1.54, 1.807) is 17.4 Å². The van der Waals surface area contributed by atoms with Crippen LogP contribution in [-0.4, -0.2) is 36.2 Å². The highest BCUT2D eigenvalue weighted by Crippen LogP contribution is 2.43. The summed E-state index contributed by atoms with van der Waals surface area (Å²) in [6, 6.07) is 7.76. The van der Waals surface area contributed by atoms with Crippen LogP contribution in [0, 0.1) is 0 Å². The Bertz CT molecular complexity index is 621. The zero-order chi connectivity index (χ0) is 14.8. The highest BCUT2D eigenvalue weighted by Gasteiger charge is 2.29. The second kappa shape index (κ2) is 9.47. The summed E-state index contributed by atoms with van der Waals surface area (Å²) >= 11 is 11.5. The molecule has 1 aliphatic heterocycles. The summed E-state index contributed by atoms with van der Waals surface area (Å²) in [5.41, 5.74) is 0.787. The molecule has 0 radical (unpaired) electrons. The molecule has 128 valence electrons. The lowest BCUT2D eigenvalue weighted by atomic mass is 10.0. The van der Waals surface area contributed by atoms with E-state index in [0.29, 0.717) is 9.50 Å². The third kappa shape index (κ3) is 4.54. The van der Waals surface area contributed by atoms with Gasteiger partial charge >= 0.3 is 0 Å². The van der Waals surface area contributed by atoms with E-state index in [1.807, 2.05) is 12.1 Å². The first-order chi connectivity index (χ1) is 10.2. The first kappa shape index (κ1) is 21.0. The lowest BCUT2D eigenvalue weighted by molar-refractivity contribution is 0.198. The summed E-state index contributed by atoms with van der Waals surface area (Å²) in [7, 11) is 0. The van der Waals surface area contributed by atoms with Crippen molar-refractivity contribution in [2.45, 2.75) is 6.04 Å². The van der Waals surface area contributed by atoms with Crippen molar-refractivity contribution >= 4 is 63.7 Å². The van der Waals surface area contributed by atoms with Crippen LogP contribution in [0.5, 0.6) is 5.75 Å². The summed E-state index contributed by atoms with van der Waals surface area (Å²) in [5, 5.41) is 16.5. The minimum absolute atomic E-state index is 0. The number of rotatable bonds is 3. The van der Waals surface area contributed by atoms with E-state index < -0.39 is 0 Å². The van der Waals surface area contributed by atoms with Gasteiger partial charge in [-0.15, -0.1) is 36.2 Å². The van der Waals surface area contributed by atoms with Gasteiger partial charge in [-0.2, -0.15) is 0 Å². The van der Waals surface area contributed by atoms with Gasteiger partial charge in [0.25, 0.3) is 0 Å². The number of phenolic OH excluding ortho intramolecular Hbond substituents is 1. The number of nitrogens with zero attached hydrogens (tertiary/aromatic N) is 1. The molecule has 0 amide bonds. The highest BCUT2D eigenvalue weighted by molar-refractivity contribution is 9.10. The lowest BCUT2D eigenvalue weighted by Crippen LogP contribution is -2.45. The van der Waals surface area contributed by atoms with Crippen molar-refractivity contribution < 1.29 is 5.11 Å².